The molecule has 194 valence electrons. The topological polar surface area (TPSA) is 148 Å². The van der Waals surface area contributed by atoms with E-state index in [4.69, 9.17) is 20.3 Å². The fourth-order valence-electron chi connectivity index (χ4n) is 4.53. The van der Waals surface area contributed by atoms with E-state index in [1.54, 1.807) is 0 Å². The van der Waals surface area contributed by atoms with E-state index in [1.165, 1.54) is 30.6 Å². The Morgan fingerprint density at radius 3 is 2.33 bits per heavy atom. The number of nitrogen functional groups attached to an aromatic ring is 1. The van der Waals surface area contributed by atoms with E-state index in [2.05, 4.69) is 9.97 Å². The molecule has 3 aromatic carbocycles. The summed E-state index contributed by atoms with van der Waals surface area (Å²) in [7, 11) is 0. The zero-order valence-electron chi connectivity index (χ0n) is 20.5. The van der Waals surface area contributed by atoms with Gasteiger partial charge in [0.25, 0.3) is 5.69 Å². The predicted molar refractivity (Wildman–Crippen MR) is 142 cm³/mol. The molecule has 11 heteroatoms. The number of carbonyl (C=O) groups is 1. The highest BCUT2D eigenvalue weighted by Crippen LogP contribution is 2.40. The number of ether oxygens (including phenoxy) is 2. The molecule has 5 aromatic rings. The fourth-order valence-corrected chi connectivity index (χ4v) is 4.53. The molecule has 2 heterocycles. The number of nitro benzene ring substituents is 1. The minimum Gasteiger partial charge on any atom is -0.459 e. The molecular formula is C28H22N6O5. The zero-order valence-corrected chi connectivity index (χ0v) is 20.5. The number of para-hydroxylation sites is 1. The summed E-state index contributed by atoms with van der Waals surface area (Å²) >= 11 is 0. The van der Waals surface area contributed by atoms with Crippen molar-refractivity contribution in [3.63, 3.8) is 0 Å². The lowest BCUT2D eigenvalue weighted by Crippen LogP contribution is -2.35. The second-order valence-electron chi connectivity index (χ2n) is 9.15. The summed E-state index contributed by atoms with van der Waals surface area (Å²) < 4.78 is 13.3. The molecule has 6 rings (SSSR count). The highest BCUT2D eigenvalue weighted by molar-refractivity contribution is 5.98. The number of hydrogen-bond acceptors (Lipinski definition) is 9. The summed E-state index contributed by atoms with van der Waals surface area (Å²) in [5.74, 6) is 1.23. The van der Waals surface area contributed by atoms with E-state index in [9.17, 15) is 14.9 Å². The van der Waals surface area contributed by atoms with Crippen molar-refractivity contribution >= 4 is 28.5 Å². The van der Waals surface area contributed by atoms with Gasteiger partial charge in [0.15, 0.2) is 5.65 Å². The maximum absolute atomic E-state index is 12.5. The van der Waals surface area contributed by atoms with Crippen LogP contribution in [0.15, 0.2) is 85.2 Å². The maximum Gasteiger partial charge on any atom is 0.338 e. The zero-order chi connectivity index (χ0) is 26.9. The molecule has 0 spiro atoms. The quantitative estimate of drug-likeness (QED) is 0.170. The highest BCUT2D eigenvalue weighted by Gasteiger charge is 2.36. The van der Waals surface area contributed by atoms with Crippen LogP contribution in [0.5, 0.6) is 11.5 Å². The van der Waals surface area contributed by atoms with E-state index in [0.29, 0.717) is 41.1 Å². The Kier molecular flexibility index (Phi) is 6.08. The summed E-state index contributed by atoms with van der Waals surface area (Å²) in [5, 5.41) is 16.3. The van der Waals surface area contributed by atoms with E-state index in [1.807, 2.05) is 59.3 Å². The lowest BCUT2D eigenvalue weighted by molar-refractivity contribution is -0.384. The van der Waals surface area contributed by atoms with Crippen molar-refractivity contribution in [1.82, 2.24) is 19.7 Å². The van der Waals surface area contributed by atoms with Crippen LogP contribution >= 0.6 is 0 Å². The minimum atomic E-state index is -0.524. The first-order valence-corrected chi connectivity index (χ1v) is 12.2. The third-order valence-corrected chi connectivity index (χ3v) is 6.63. The van der Waals surface area contributed by atoms with E-state index in [-0.39, 0.29) is 23.4 Å². The average molecular weight is 523 g/mol. The molecule has 11 nitrogen and oxygen atoms in total. The van der Waals surface area contributed by atoms with E-state index >= 15 is 0 Å². The molecule has 0 atom stereocenters. The van der Waals surface area contributed by atoms with E-state index < -0.39 is 10.9 Å². The van der Waals surface area contributed by atoms with Gasteiger partial charge in [-0.05, 0) is 48.5 Å². The van der Waals surface area contributed by atoms with Gasteiger partial charge in [-0.1, -0.05) is 18.2 Å². The monoisotopic (exact) mass is 522 g/mol. The maximum atomic E-state index is 12.5. The molecule has 0 saturated heterocycles. The van der Waals surface area contributed by atoms with Crippen molar-refractivity contribution in [3.05, 3.63) is 101 Å². The standard InChI is InChI=1S/C28H22N6O5/c29-26-24-25(17-8-12-22(13-9-17)38-21-4-2-1-3-5-21)32-33(27(24)31-16-30-26)20-14-23(15-20)39-28(35)18-6-10-19(11-7-18)34(36)37/h1-13,16,20,23H,14-15H2,(H2,29,30,31). The number of anilines is 1. The summed E-state index contributed by atoms with van der Waals surface area (Å²) in [5.41, 5.74) is 8.51. The molecule has 1 aliphatic rings. The van der Waals surface area contributed by atoms with Gasteiger partial charge in [-0.3, -0.25) is 10.1 Å². The first-order valence-electron chi connectivity index (χ1n) is 12.2. The third-order valence-electron chi connectivity index (χ3n) is 6.63. The van der Waals surface area contributed by atoms with Gasteiger partial charge < -0.3 is 15.2 Å². The Morgan fingerprint density at radius 1 is 0.949 bits per heavy atom. The molecular weight excluding hydrogens is 500 g/mol. The van der Waals surface area contributed by atoms with Crippen molar-refractivity contribution in [2.75, 3.05) is 5.73 Å². The largest absolute Gasteiger partial charge is 0.459 e. The first kappa shape index (κ1) is 24.0. The Morgan fingerprint density at radius 2 is 1.64 bits per heavy atom. The first-order chi connectivity index (χ1) is 19.0. The highest BCUT2D eigenvalue weighted by atomic mass is 16.6. The lowest BCUT2D eigenvalue weighted by Gasteiger charge is -2.34. The number of non-ortho nitro benzene ring substituents is 1. The summed E-state index contributed by atoms with van der Waals surface area (Å²) in [6, 6.07) is 22.4. The van der Waals surface area contributed by atoms with Crippen molar-refractivity contribution in [2.45, 2.75) is 25.0 Å². The van der Waals surface area contributed by atoms with Gasteiger partial charge in [0.2, 0.25) is 0 Å². The number of hydrogen-bond donors (Lipinski definition) is 1. The average Bonchev–Trinajstić information content (AvgIpc) is 3.32. The van der Waals surface area contributed by atoms with Crippen molar-refractivity contribution < 1.29 is 19.2 Å². The number of nitrogens with zero attached hydrogens (tertiary/aromatic N) is 5. The summed E-state index contributed by atoms with van der Waals surface area (Å²) in [6.45, 7) is 0. The molecule has 0 unspecified atom stereocenters. The Hall–Kier alpha value is -5.32. The third kappa shape index (κ3) is 4.73. The lowest BCUT2D eigenvalue weighted by atomic mass is 9.89. The minimum absolute atomic E-state index is 0.0501. The molecule has 1 saturated carbocycles. The number of carbonyl (C=O) groups excluding carboxylic acids is 1. The number of rotatable bonds is 7. The van der Waals surface area contributed by atoms with Crippen LogP contribution in [-0.4, -0.2) is 36.7 Å². The van der Waals surface area contributed by atoms with Crippen LogP contribution in [0.2, 0.25) is 0 Å². The second kappa shape index (κ2) is 9.86. The van der Waals surface area contributed by atoms with Crippen LogP contribution in [-0.2, 0) is 4.74 Å². The molecule has 0 bridgehead atoms. The number of esters is 1. The van der Waals surface area contributed by atoms with Crippen molar-refractivity contribution in [1.29, 1.82) is 0 Å². The smallest absolute Gasteiger partial charge is 0.338 e. The molecule has 1 aliphatic carbocycles. The molecule has 1 fully saturated rings. The predicted octanol–water partition coefficient (Wildman–Crippen LogP) is 5.34. The number of nitrogens with two attached hydrogens (primary N) is 1. The number of aromatic nitrogens is 4. The van der Waals surface area contributed by atoms with Crippen molar-refractivity contribution in [2.24, 2.45) is 0 Å². The molecule has 2 N–H and O–H groups in total. The second-order valence-corrected chi connectivity index (χ2v) is 9.15. The van der Waals surface area contributed by atoms with Crippen LogP contribution in [0, 0.1) is 10.1 Å². The van der Waals surface area contributed by atoms with Crippen LogP contribution in [0.3, 0.4) is 0 Å². The van der Waals surface area contributed by atoms with Gasteiger partial charge in [0.05, 0.1) is 21.9 Å². The summed E-state index contributed by atoms with van der Waals surface area (Å²) in [6.07, 6.45) is 2.18. The SMILES string of the molecule is Nc1ncnc2c1c(-c1ccc(Oc3ccccc3)cc1)nn2C1CC(OC(=O)c2ccc([N+](=O)[O-])cc2)C1. The Bertz CT molecular complexity index is 1660. The van der Waals surface area contributed by atoms with Gasteiger partial charge in [0, 0.05) is 30.5 Å². The van der Waals surface area contributed by atoms with Crippen LogP contribution < -0.4 is 10.5 Å². The fraction of sp³-hybridized carbons (Fsp3) is 0.143. The van der Waals surface area contributed by atoms with Crippen LogP contribution in [0.4, 0.5) is 11.5 Å². The Labute approximate surface area is 222 Å². The van der Waals surface area contributed by atoms with Crippen LogP contribution in [0.25, 0.3) is 22.3 Å². The van der Waals surface area contributed by atoms with Gasteiger partial charge in [-0.2, -0.15) is 5.10 Å². The molecule has 0 amide bonds. The Balaban J connectivity index is 1.19. The number of nitro groups is 1. The summed E-state index contributed by atoms with van der Waals surface area (Å²) in [4.78, 5) is 31.4. The van der Waals surface area contributed by atoms with Gasteiger partial charge in [-0.15, -0.1) is 0 Å². The molecule has 0 radical (unpaired) electrons. The van der Waals surface area contributed by atoms with Gasteiger partial charge in [-0.25, -0.2) is 19.4 Å². The van der Waals surface area contributed by atoms with E-state index in [0.717, 1.165) is 11.3 Å². The van der Waals surface area contributed by atoms with Crippen molar-refractivity contribution in [3.8, 4) is 22.8 Å². The van der Waals surface area contributed by atoms with Gasteiger partial charge in [0.1, 0.15) is 35.4 Å². The number of benzene rings is 3. The molecule has 0 aliphatic heterocycles. The molecule has 2 aromatic heterocycles. The van der Waals surface area contributed by atoms with Crippen LogP contribution in [0.1, 0.15) is 29.2 Å². The number of fused-ring (bicyclic) bond motifs is 1. The molecule has 39 heavy (non-hydrogen) atoms. The van der Waals surface area contributed by atoms with Gasteiger partial charge >= 0.3 is 5.97 Å². The normalized spacial score (nSPS) is 16.4.